The van der Waals surface area contributed by atoms with Crippen LogP contribution in [0.3, 0.4) is 0 Å². The van der Waals surface area contributed by atoms with Gasteiger partial charge in [-0.15, -0.1) is 0 Å². The molecule has 7 nitrogen and oxygen atoms in total. The van der Waals surface area contributed by atoms with E-state index in [1.54, 1.807) is 6.07 Å². The van der Waals surface area contributed by atoms with Crippen LogP contribution in [0, 0.1) is 5.82 Å². The van der Waals surface area contributed by atoms with E-state index < -0.39 is 36.9 Å². The Labute approximate surface area is 177 Å². The number of hydrogen-bond donors (Lipinski definition) is 3. The minimum absolute atomic E-state index is 0.0319. The number of alkyl halides is 2. The molecular formula is C21H24F3N3O4. The number of pyridine rings is 1. The molecule has 1 fully saturated rings. The fourth-order valence-corrected chi connectivity index (χ4v) is 3.51. The molecule has 2 heterocycles. The minimum atomic E-state index is -2.06. The average molecular weight is 439 g/mol. The smallest absolute Gasteiger partial charge is 0.321 e. The maximum Gasteiger partial charge on any atom is 0.321 e. The number of urea groups is 1. The average Bonchev–Trinajstić information content (AvgIpc) is 2.78. The molecule has 0 spiro atoms. The summed E-state index contributed by atoms with van der Waals surface area (Å²) in [7, 11) is 1.40. The number of carbonyl (C=O) groups excluding carboxylic acids is 1. The van der Waals surface area contributed by atoms with Crippen molar-refractivity contribution in [2.24, 2.45) is 0 Å². The molecule has 168 valence electrons. The molecule has 1 aromatic carbocycles. The summed E-state index contributed by atoms with van der Waals surface area (Å²) in [5.74, 6) is -0.608. The molecule has 10 heteroatoms. The number of hydrogen-bond acceptors (Lipinski definition) is 5. The van der Waals surface area contributed by atoms with Gasteiger partial charge < -0.3 is 25.2 Å². The van der Waals surface area contributed by atoms with Gasteiger partial charge in [0.25, 0.3) is 0 Å². The van der Waals surface area contributed by atoms with Crippen LogP contribution in [0.15, 0.2) is 30.5 Å². The number of carbonyl (C=O) groups is 1. The van der Waals surface area contributed by atoms with Gasteiger partial charge in [-0.3, -0.25) is 4.98 Å². The number of benzene rings is 1. The third kappa shape index (κ3) is 4.91. The number of aliphatic hydroxyl groups excluding tert-OH is 2. The van der Waals surface area contributed by atoms with Gasteiger partial charge >= 0.3 is 6.03 Å². The van der Waals surface area contributed by atoms with Crippen LogP contribution in [-0.4, -0.2) is 52.9 Å². The number of halogens is 3. The van der Waals surface area contributed by atoms with E-state index in [1.807, 2.05) is 0 Å². The quantitative estimate of drug-likeness (QED) is 0.643. The van der Waals surface area contributed by atoms with Gasteiger partial charge in [0, 0.05) is 55.0 Å². The molecule has 1 aliphatic rings. The third-order valence-electron chi connectivity index (χ3n) is 5.37. The number of nitrogens with one attached hydrogen (secondary N) is 1. The first-order chi connectivity index (χ1) is 14.8. The Bertz CT molecular complexity index is 936. The van der Waals surface area contributed by atoms with E-state index in [9.17, 15) is 18.7 Å². The normalized spacial score (nSPS) is 16.6. The summed E-state index contributed by atoms with van der Waals surface area (Å²) in [6, 6.07) is 5.03. The number of ether oxygens (including phenoxy) is 1. The number of anilines is 1. The highest BCUT2D eigenvalue weighted by atomic mass is 19.1. The zero-order valence-electron chi connectivity index (χ0n) is 16.9. The maximum atomic E-state index is 15.4. The van der Waals surface area contributed by atoms with Crippen molar-refractivity contribution in [1.29, 1.82) is 0 Å². The highest BCUT2D eigenvalue weighted by molar-refractivity contribution is 5.89. The monoisotopic (exact) mass is 439 g/mol. The van der Waals surface area contributed by atoms with E-state index in [4.69, 9.17) is 9.84 Å². The highest BCUT2D eigenvalue weighted by Gasteiger charge is 2.41. The van der Waals surface area contributed by atoms with Crippen molar-refractivity contribution in [3.05, 3.63) is 53.1 Å². The maximum absolute atomic E-state index is 15.4. The van der Waals surface area contributed by atoms with Crippen LogP contribution in [0.2, 0.25) is 0 Å². The molecule has 1 atom stereocenters. The molecule has 1 aliphatic heterocycles. The van der Waals surface area contributed by atoms with Crippen molar-refractivity contribution < 1.29 is 32.9 Å². The lowest BCUT2D eigenvalue weighted by Gasteiger charge is -2.36. The molecule has 1 saturated heterocycles. The van der Waals surface area contributed by atoms with Gasteiger partial charge in [-0.2, -0.15) is 0 Å². The summed E-state index contributed by atoms with van der Waals surface area (Å²) in [6.07, 6.45) is -0.476. The predicted molar refractivity (Wildman–Crippen MR) is 107 cm³/mol. The number of rotatable bonds is 6. The van der Waals surface area contributed by atoms with Gasteiger partial charge in [0.1, 0.15) is 30.0 Å². The van der Waals surface area contributed by atoms with Crippen LogP contribution >= 0.6 is 0 Å². The third-order valence-corrected chi connectivity index (χ3v) is 5.37. The molecule has 0 radical (unpaired) electrons. The van der Waals surface area contributed by atoms with E-state index in [0.717, 1.165) is 12.3 Å². The Morgan fingerprint density at radius 2 is 2.06 bits per heavy atom. The molecular weight excluding hydrogens is 415 g/mol. The number of piperidine rings is 1. The highest BCUT2D eigenvalue weighted by Crippen LogP contribution is 2.38. The van der Waals surface area contributed by atoms with Crippen LogP contribution in [0.1, 0.15) is 35.8 Å². The van der Waals surface area contributed by atoms with Crippen molar-refractivity contribution in [1.82, 2.24) is 9.88 Å². The van der Waals surface area contributed by atoms with Crippen molar-refractivity contribution in [3.63, 3.8) is 0 Å². The van der Waals surface area contributed by atoms with Gasteiger partial charge in [-0.1, -0.05) is 6.07 Å². The van der Waals surface area contributed by atoms with Crippen molar-refractivity contribution in [2.75, 3.05) is 32.1 Å². The first-order valence-electron chi connectivity index (χ1n) is 9.74. The fraction of sp³-hybridized carbons (Fsp3) is 0.429. The summed E-state index contributed by atoms with van der Waals surface area (Å²) in [4.78, 5) is 17.8. The Kier molecular flexibility index (Phi) is 7.01. The van der Waals surface area contributed by atoms with Gasteiger partial charge in [0.2, 0.25) is 0 Å². The summed E-state index contributed by atoms with van der Waals surface area (Å²) < 4.78 is 47.8. The second kappa shape index (κ2) is 9.52. The summed E-state index contributed by atoms with van der Waals surface area (Å²) >= 11 is 0. The Morgan fingerprint density at radius 3 is 2.65 bits per heavy atom. The van der Waals surface area contributed by atoms with E-state index in [1.165, 1.54) is 24.1 Å². The predicted octanol–water partition coefficient (Wildman–Crippen LogP) is 3.22. The van der Waals surface area contributed by atoms with Gasteiger partial charge in [-0.05, 0) is 12.1 Å². The van der Waals surface area contributed by atoms with Crippen molar-refractivity contribution >= 4 is 11.7 Å². The lowest BCUT2D eigenvalue weighted by Crippen LogP contribution is -2.45. The zero-order chi connectivity index (χ0) is 22.6. The van der Waals surface area contributed by atoms with Crippen molar-refractivity contribution in [3.8, 4) is 5.75 Å². The van der Waals surface area contributed by atoms with E-state index in [2.05, 4.69) is 10.3 Å². The Hall–Kier alpha value is -2.85. The van der Waals surface area contributed by atoms with Gasteiger partial charge in [0.05, 0.1) is 13.7 Å². The standard InChI is InChI=1S/C21H24F3N3O4/c1-31-18-9-15(3-2-13(18)10-22)26-20(30)27-6-4-21(24,5-7-27)19-16(23)8-14(11-25-19)17(29)12-28/h2-3,8-9,11,17,28-29H,4-7,10,12H2,1H3,(H,26,30)/t17-/m1/s1. The molecule has 0 saturated carbocycles. The minimum Gasteiger partial charge on any atom is -0.496 e. The molecule has 31 heavy (non-hydrogen) atoms. The topological polar surface area (TPSA) is 94.9 Å². The van der Waals surface area contributed by atoms with Gasteiger partial charge in [0.15, 0.2) is 5.67 Å². The molecule has 1 aromatic heterocycles. The molecule has 0 bridgehead atoms. The molecule has 0 aliphatic carbocycles. The number of methoxy groups -OCH3 is 1. The Morgan fingerprint density at radius 1 is 1.35 bits per heavy atom. The lowest BCUT2D eigenvalue weighted by atomic mass is 9.89. The molecule has 2 aromatic rings. The number of amides is 2. The van der Waals surface area contributed by atoms with Crippen LogP contribution in [-0.2, 0) is 12.3 Å². The van der Waals surface area contributed by atoms with Crippen LogP contribution in [0.4, 0.5) is 23.7 Å². The second-order valence-corrected chi connectivity index (χ2v) is 7.34. The first-order valence-corrected chi connectivity index (χ1v) is 9.74. The fourth-order valence-electron chi connectivity index (χ4n) is 3.51. The van der Waals surface area contributed by atoms with Crippen LogP contribution in [0.25, 0.3) is 0 Å². The molecule has 0 unspecified atom stereocenters. The summed E-state index contributed by atoms with van der Waals surface area (Å²) in [6.45, 7) is -1.24. The zero-order valence-corrected chi connectivity index (χ0v) is 16.9. The molecule has 3 N–H and O–H groups in total. The number of nitrogens with zero attached hydrogens (tertiary/aromatic N) is 2. The molecule has 3 rings (SSSR count). The number of aromatic nitrogens is 1. The SMILES string of the molecule is COc1cc(NC(=O)N2CCC(F)(c3ncc([C@H](O)CO)cc3F)CC2)ccc1CF. The molecule has 2 amide bonds. The van der Waals surface area contributed by atoms with Gasteiger partial charge in [-0.25, -0.2) is 18.0 Å². The Balaban J connectivity index is 1.65. The van der Waals surface area contributed by atoms with Crippen molar-refractivity contribution in [2.45, 2.75) is 31.3 Å². The van der Waals surface area contributed by atoms with E-state index >= 15 is 4.39 Å². The summed E-state index contributed by atoms with van der Waals surface area (Å²) in [5.41, 5.74) is -1.63. The summed E-state index contributed by atoms with van der Waals surface area (Å²) in [5, 5.41) is 21.2. The second-order valence-electron chi connectivity index (χ2n) is 7.34. The number of likely N-dealkylation sites (tertiary alicyclic amines) is 1. The largest absolute Gasteiger partial charge is 0.496 e. The van der Waals surface area contributed by atoms with Crippen LogP contribution < -0.4 is 10.1 Å². The number of aliphatic hydroxyl groups is 2. The lowest BCUT2D eigenvalue weighted by molar-refractivity contribution is 0.0639. The van der Waals surface area contributed by atoms with E-state index in [0.29, 0.717) is 17.0 Å². The van der Waals surface area contributed by atoms with Crippen LogP contribution in [0.5, 0.6) is 5.75 Å². The first kappa shape index (κ1) is 22.8. The van der Waals surface area contributed by atoms with E-state index in [-0.39, 0.29) is 37.2 Å².